The van der Waals surface area contributed by atoms with E-state index in [0.29, 0.717) is 12.5 Å². The van der Waals surface area contributed by atoms with Crippen molar-refractivity contribution in [3.05, 3.63) is 36.0 Å². The fourth-order valence-electron chi connectivity index (χ4n) is 2.34. The third kappa shape index (κ3) is 3.33. The van der Waals surface area contributed by atoms with Crippen LogP contribution < -0.4 is 10.6 Å². The highest BCUT2D eigenvalue weighted by atomic mass is 16.5. The van der Waals surface area contributed by atoms with Crippen LogP contribution in [0, 0.1) is 6.92 Å². The van der Waals surface area contributed by atoms with Gasteiger partial charge in [0.2, 0.25) is 5.95 Å². The number of guanidine groups is 1. The van der Waals surface area contributed by atoms with Crippen molar-refractivity contribution >= 4 is 11.9 Å². The Balaban J connectivity index is 1.54. The topological polar surface area (TPSA) is 96.7 Å². The number of nitrogens with two attached hydrogens (primary N) is 1. The number of piperazine rings is 1. The maximum Gasteiger partial charge on any atom is 0.225 e. The van der Waals surface area contributed by atoms with Gasteiger partial charge in [-0.2, -0.15) is 0 Å². The first-order chi connectivity index (χ1) is 10.7. The van der Waals surface area contributed by atoms with Crippen LogP contribution >= 0.6 is 0 Å². The fraction of sp³-hybridized carbons (Fsp3) is 0.429. The Morgan fingerprint density at radius 2 is 2.00 bits per heavy atom. The molecule has 3 rings (SSSR count). The lowest BCUT2D eigenvalue weighted by Crippen LogP contribution is -2.51. The smallest absolute Gasteiger partial charge is 0.225 e. The van der Waals surface area contributed by atoms with Gasteiger partial charge < -0.3 is 20.1 Å². The number of aromatic nitrogens is 3. The molecule has 1 saturated heterocycles. The zero-order valence-electron chi connectivity index (χ0n) is 12.5. The summed E-state index contributed by atoms with van der Waals surface area (Å²) in [6.07, 6.45) is 3.51. The molecule has 1 aliphatic rings. The van der Waals surface area contributed by atoms with Crippen LogP contribution in [0.4, 0.5) is 5.95 Å². The largest absolute Gasteiger partial charge is 0.370 e. The second-order valence-corrected chi connectivity index (χ2v) is 5.13. The van der Waals surface area contributed by atoms with Gasteiger partial charge in [0.1, 0.15) is 6.54 Å². The molecule has 0 aromatic carbocycles. The summed E-state index contributed by atoms with van der Waals surface area (Å²) in [5.41, 5.74) is 6.90. The van der Waals surface area contributed by atoms with Gasteiger partial charge in [-0.3, -0.25) is 0 Å². The van der Waals surface area contributed by atoms with Crippen LogP contribution in [0.2, 0.25) is 0 Å². The molecule has 0 spiro atoms. The molecule has 0 aliphatic carbocycles. The first-order valence-corrected chi connectivity index (χ1v) is 7.21. The maximum atomic E-state index is 6.05. The Labute approximate surface area is 128 Å². The Hall–Kier alpha value is -2.64. The molecule has 1 fully saturated rings. The van der Waals surface area contributed by atoms with Crippen molar-refractivity contribution in [1.29, 1.82) is 0 Å². The minimum Gasteiger partial charge on any atom is -0.370 e. The quantitative estimate of drug-likeness (QED) is 0.647. The van der Waals surface area contributed by atoms with Crippen molar-refractivity contribution in [2.75, 3.05) is 31.1 Å². The van der Waals surface area contributed by atoms with Crippen LogP contribution in [0.1, 0.15) is 11.5 Å². The van der Waals surface area contributed by atoms with Crippen LogP contribution in [0.15, 0.2) is 34.0 Å². The summed E-state index contributed by atoms with van der Waals surface area (Å²) in [7, 11) is 0. The number of anilines is 1. The van der Waals surface area contributed by atoms with E-state index < -0.39 is 0 Å². The summed E-state index contributed by atoms with van der Waals surface area (Å²) < 4.78 is 5.12. The Kier molecular flexibility index (Phi) is 4.17. The van der Waals surface area contributed by atoms with Crippen LogP contribution in [-0.2, 0) is 6.54 Å². The van der Waals surface area contributed by atoms with Gasteiger partial charge in [-0.05, 0) is 13.0 Å². The van der Waals surface area contributed by atoms with Crippen LogP contribution in [0.3, 0.4) is 0 Å². The van der Waals surface area contributed by atoms with Crippen molar-refractivity contribution in [1.82, 2.24) is 20.0 Å². The molecule has 22 heavy (non-hydrogen) atoms. The summed E-state index contributed by atoms with van der Waals surface area (Å²) in [5, 5.41) is 3.83. The van der Waals surface area contributed by atoms with E-state index in [1.165, 1.54) is 0 Å². The van der Waals surface area contributed by atoms with Crippen LogP contribution in [0.5, 0.6) is 0 Å². The van der Waals surface area contributed by atoms with E-state index in [1.807, 2.05) is 19.1 Å². The normalized spacial score (nSPS) is 16.1. The summed E-state index contributed by atoms with van der Waals surface area (Å²) in [6.45, 7) is 5.52. The molecular formula is C14H19N7O. The maximum absolute atomic E-state index is 6.05. The molecule has 116 valence electrons. The van der Waals surface area contributed by atoms with E-state index in [1.54, 1.807) is 12.4 Å². The first kappa shape index (κ1) is 14.3. The molecule has 0 amide bonds. The second kappa shape index (κ2) is 6.42. The molecule has 0 atom stereocenters. The molecule has 0 bridgehead atoms. The van der Waals surface area contributed by atoms with Gasteiger partial charge in [-0.1, -0.05) is 5.16 Å². The monoisotopic (exact) mass is 301 g/mol. The van der Waals surface area contributed by atoms with Gasteiger partial charge in [0.15, 0.2) is 11.7 Å². The highest BCUT2D eigenvalue weighted by molar-refractivity contribution is 5.78. The minimum atomic E-state index is 0.411. The van der Waals surface area contributed by atoms with E-state index in [9.17, 15) is 0 Å². The molecule has 3 heterocycles. The summed E-state index contributed by atoms with van der Waals surface area (Å²) in [5.74, 6) is 2.01. The number of hydrogen-bond acceptors (Lipinski definition) is 6. The van der Waals surface area contributed by atoms with Gasteiger partial charge in [-0.15, -0.1) is 0 Å². The first-order valence-electron chi connectivity index (χ1n) is 7.21. The number of aliphatic imine (C=N–C) groups is 1. The SMILES string of the molecule is Cc1cc(CN=C(N)N2CCN(c3ncccn3)CC2)on1. The van der Waals surface area contributed by atoms with Gasteiger partial charge in [-0.25, -0.2) is 15.0 Å². The van der Waals surface area contributed by atoms with Crippen molar-refractivity contribution in [2.24, 2.45) is 10.7 Å². The van der Waals surface area contributed by atoms with Crippen molar-refractivity contribution in [3.8, 4) is 0 Å². The lowest BCUT2D eigenvalue weighted by Gasteiger charge is -2.35. The molecule has 1 aliphatic heterocycles. The average Bonchev–Trinajstić information content (AvgIpc) is 2.99. The predicted octanol–water partition coefficient (Wildman–Crippen LogP) is 0.410. The molecule has 2 aromatic heterocycles. The Morgan fingerprint density at radius 1 is 1.27 bits per heavy atom. The van der Waals surface area contributed by atoms with Gasteiger partial charge >= 0.3 is 0 Å². The fourth-order valence-corrected chi connectivity index (χ4v) is 2.34. The van der Waals surface area contributed by atoms with E-state index in [-0.39, 0.29) is 0 Å². The Bertz CT molecular complexity index is 632. The molecular weight excluding hydrogens is 282 g/mol. The number of aryl methyl sites for hydroxylation is 1. The standard InChI is InChI=1S/C14H19N7O/c1-11-9-12(22-19-11)10-18-13(15)20-5-7-21(8-6-20)14-16-3-2-4-17-14/h2-4,9H,5-8,10H2,1H3,(H2,15,18). The summed E-state index contributed by atoms with van der Waals surface area (Å²) in [6, 6.07) is 3.68. The van der Waals surface area contributed by atoms with Gasteiger partial charge in [0.05, 0.1) is 5.69 Å². The average molecular weight is 301 g/mol. The van der Waals surface area contributed by atoms with Crippen LogP contribution in [-0.4, -0.2) is 52.2 Å². The highest BCUT2D eigenvalue weighted by Gasteiger charge is 2.19. The summed E-state index contributed by atoms with van der Waals surface area (Å²) in [4.78, 5) is 17.1. The second-order valence-electron chi connectivity index (χ2n) is 5.13. The number of nitrogens with zero attached hydrogens (tertiary/aromatic N) is 6. The molecule has 8 heteroatoms. The zero-order chi connectivity index (χ0) is 15.4. The molecule has 2 N–H and O–H groups in total. The number of hydrogen-bond donors (Lipinski definition) is 1. The van der Waals surface area contributed by atoms with E-state index in [4.69, 9.17) is 10.3 Å². The number of rotatable bonds is 3. The lowest BCUT2D eigenvalue weighted by atomic mass is 10.3. The zero-order valence-corrected chi connectivity index (χ0v) is 12.5. The molecule has 0 radical (unpaired) electrons. The van der Waals surface area contributed by atoms with Gasteiger partial charge in [0, 0.05) is 44.6 Å². The lowest BCUT2D eigenvalue weighted by molar-refractivity contribution is 0.369. The Morgan fingerprint density at radius 3 is 2.64 bits per heavy atom. The molecule has 0 saturated carbocycles. The van der Waals surface area contributed by atoms with Crippen molar-refractivity contribution in [2.45, 2.75) is 13.5 Å². The molecule has 2 aromatic rings. The highest BCUT2D eigenvalue weighted by Crippen LogP contribution is 2.10. The molecule has 0 unspecified atom stereocenters. The van der Waals surface area contributed by atoms with Crippen molar-refractivity contribution < 1.29 is 4.52 Å². The molecule has 8 nitrogen and oxygen atoms in total. The van der Waals surface area contributed by atoms with Crippen molar-refractivity contribution in [3.63, 3.8) is 0 Å². The minimum absolute atomic E-state index is 0.411. The van der Waals surface area contributed by atoms with Crippen LogP contribution in [0.25, 0.3) is 0 Å². The third-order valence-corrected chi connectivity index (χ3v) is 3.51. The summed E-state index contributed by atoms with van der Waals surface area (Å²) >= 11 is 0. The van der Waals surface area contributed by atoms with Gasteiger partial charge in [0.25, 0.3) is 0 Å². The van der Waals surface area contributed by atoms with E-state index in [2.05, 4.69) is 29.9 Å². The van der Waals surface area contributed by atoms with E-state index in [0.717, 1.165) is 43.6 Å². The third-order valence-electron chi connectivity index (χ3n) is 3.51. The van der Waals surface area contributed by atoms with E-state index >= 15 is 0 Å². The predicted molar refractivity (Wildman–Crippen MR) is 82.4 cm³/mol.